The number of carboxylic acid groups (broad SMARTS) is 1. The number of rotatable bonds is 7. The van der Waals surface area contributed by atoms with Gasteiger partial charge in [0.05, 0.1) is 19.0 Å². The number of carboxylic acids is 1. The van der Waals surface area contributed by atoms with Gasteiger partial charge in [-0.15, -0.1) is 5.10 Å². The third-order valence-electron chi connectivity index (χ3n) is 7.95. The fraction of sp³-hybridized carbons (Fsp3) is 0.387. The van der Waals surface area contributed by atoms with Crippen LogP contribution in [0.1, 0.15) is 58.2 Å². The van der Waals surface area contributed by atoms with Crippen LogP contribution in [0.15, 0.2) is 48.5 Å². The van der Waals surface area contributed by atoms with Crippen molar-refractivity contribution in [2.45, 2.75) is 52.6 Å². The van der Waals surface area contributed by atoms with Crippen molar-refractivity contribution >= 4 is 17.0 Å². The standard InChI is InChI=1S/C31H36N4O3/c1-19-12-22-8-9-26(38-5)14-25(22)18-35(16-19)17-24-13-23(7-6-20(24)2)28(15-30(36)37)27-10-11-29-31(21(27)3)32-33-34(29)4/h6-11,13-14,19,28H,12,15-18H2,1-5H3,(H,36,37). The van der Waals surface area contributed by atoms with Gasteiger partial charge in [-0.05, 0) is 83.3 Å². The van der Waals surface area contributed by atoms with E-state index in [-0.39, 0.29) is 12.3 Å². The predicted molar refractivity (Wildman–Crippen MR) is 148 cm³/mol. The number of ether oxygens (including phenoxy) is 1. The minimum Gasteiger partial charge on any atom is -0.497 e. The molecule has 5 rings (SSSR count). The fourth-order valence-electron chi connectivity index (χ4n) is 5.91. The third kappa shape index (κ3) is 5.16. The monoisotopic (exact) mass is 512 g/mol. The smallest absolute Gasteiger partial charge is 0.304 e. The minimum absolute atomic E-state index is 0.0169. The fourth-order valence-corrected chi connectivity index (χ4v) is 5.91. The quantitative estimate of drug-likeness (QED) is 0.357. The number of hydrogen-bond donors (Lipinski definition) is 1. The summed E-state index contributed by atoms with van der Waals surface area (Å²) in [4.78, 5) is 14.5. The van der Waals surface area contributed by atoms with Gasteiger partial charge in [0.1, 0.15) is 11.3 Å². The number of aromatic nitrogens is 3. The maximum absolute atomic E-state index is 12.0. The molecular weight excluding hydrogens is 476 g/mol. The molecule has 1 aliphatic rings. The Labute approximate surface area is 224 Å². The molecule has 0 fully saturated rings. The Hall–Kier alpha value is -3.71. The molecular formula is C31H36N4O3. The van der Waals surface area contributed by atoms with Crippen molar-refractivity contribution in [1.82, 2.24) is 19.9 Å². The molecule has 0 spiro atoms. The molecule has 4 aromatic rings. The lowest BCUT2D eigenvalue weighted by Gasteiger charge is -2.25. The molecule has 0 saturated heterocycles. The molecule has 2 unspecified atom stereocenters. The number of carbonyl (C=O) groups is 1. The van der Waals surface area contributed by atoms with E-state index in [4.69, 9.17) is 4.74 Å². The lowest BCUT2D eigenvalue weighted by molar-refractivity contribution is -0.137. The molecule has 38 heavy (non-hydrogen) atoms. The normalized spacial score (nSPS) is 16.7. The lowest BCUT2D eigenvalue weighted by Crippen LogP contribution is -2.26. The van der Waals surface area contributed by atoms with Crippen LogP contribution in [0, 0.1) is 19.8 Å². The Morgan fingerprint density at radius 2 is 1.95 bits per heavy atom. The summed E-state index contributed by atoms with van der Waals surface area (Å²) in [5, 5.41) is 18.3. The highest BCUT2D eigenvalue weighted by atomic mass is 16.5. The zero-order valence-corrected chi connectivity index (χ0v) is 22.9. The van der Waals surface area contributed by atoms with E-state index >= 15 is 0 Å². The van der Waals surface area contributed by atoms with Crippen molar-refractivity contribution < 1.29 is 14.6 Å². The first-order chi connectivity index (χ1) is 18.2. The van der Waals surface area contributed by atoms with Gasteiger partial charge in [-0.2, -0.15) is 0 Å². The predicted octanol–water partition coefficient (Wildman–Crippen LogP) is 5.39. The van der Waals surface area contributed by atoms with Crippen LogP contribution in [0.4, 0.5) is 0 Å². The highest BCUT2D eigenvalue weighted by Gasteiger charge is 2.24. The highest BCUT2D eigenvalue weighted by molar-refractivity contribution is 5.80. The first-order valence-corrected chi connectivity index (χ1v) is 13.2. The van der Waals surface area contributed by atoms with Gasteiger partial charge in [-0.25, -0.2) is 4.68 Å². The van der Waals surface area contributed by atoms with Gasteiger partial charge in [-0.3, -0.25) is 9.69 Å². The van der Waals surface area contributed by atoms with Crippen LogP contribution in [0.25, 0.3) is 11.0 Å². The van der Waals surface area contributed by atoms with E-state index in [0.717, 1.165) is 59.5 Å². The number of hydrogen-bond acceptors (Lipinski definition) is 5. The Morgan fingerprint density at radius 1 is 1.13 bits per heavy atom. The van der Waals surface area contributed by atoms with E-state index in [0.29, 0.717) is 5.92 Å². The Bertz CT molecular complexity index is 1490. The van der Waals surface area contributed by atoms with Crippen LogP contribution in [-0.2, 0) is 31.4 Å². The molecule has 0 saturated carbocycles. The van der Waals surface area contributed by atoms with Crippen LogP contribution < -0.4 is 4.74 Å². The zero-order chi connectivity index (χ0) is 27.0. The van der Waals surface area contributed by atoms with E-state index < -0.39 is 5.97 Å². The van der Waals surface area contributed by atoms with Gasteiger partial charge in [-0.1, -0.05) is 42.5 Å². The first kappa shape index (κ1) is 25.9. The summed E-state index contributed by atoms with van der Waals surface area (Å²) in [5.41, 5.74) is 9.90. The third-order valence-corrected chi connectivity index (χ3v) is 7.95. The van der Waals surface area contributed by atoms with Crippen molar-refractivity contribution in [1.29, 1.82) is 0 Å². The maximum Gasteiger partial charge on any atom is 0.304 e. The summed E-state index contributed by atoms with van der Waals surface area (Å²) in [6.07, 6.45) is 1.07. The summed E-state index contributed by atoms with van der Waals surface area (Å²) in [6.45, 7) is 9.14. The highest BCUT2D eigenvalue weighted by Crippen LogP contribution is 2.35. The second-order valence-electron chi connectivity index (χ2n) is 10.8. The molecule has 0 amide bonds. The van der Waals surface area contributed by atoms with Gasteiger partial charge < -0.3 is 9.84 Å². The summed E-state index contributed by atoms with van der Waals surface area (Å²) in [7, 11) is 3.58. The number of methoxy groups -OCH3 is 1. The maximum atomic E-state index is 12.0. The van der Waals surface area contributed by atoms with Gasteiger partial charge >= 0.3 is 5.97 Å². The molecule has 1 N–H and O–H groups in total. The van der Waals surface area contributed by atoms with Crippen molar-refractivity contribution in [3.63, 3.8) is 0 Å². The van der Waals surface area contributed by atoms with Gasteiger partial charge in [0, 0.05) is 32.6 Å². The molecule has 0 bridgehead atoms. The topological polar surface area (TPSA) is 80.5 Å². The molecule has 1 aromatic heterocycles. The first-order valence-electron chi connectivity index (χ1n) is 13.2. The lowest BCUT2D eigenvalue weighted by atomic mass is 9.84. The van der Waals surface area contributed by atoms with Crippen LogP contribution in [0.5, 0.6) is 5.75 Å². The molecule has 7 nitrogen and oxygen atoms in total. The molecule has 2 heterocycles. The number of nitrogens with zero attached hydrogens (tertiary/aromatic N) is 4. The number of fused-ring (bicyclic) bond motifs is 2. The van der Waals surface area contributed by atoms with E-state index in [1.807, 2.05) is 26.1 Å². The van der Waals surface area contributed by atoms with E-state index in [9.17, 15) is 9.90 Å². The average molecular weight is 513 g/mol. The molecule has 198 valence electrons. The van der Waals surface area contributed by atoms with Crippen molar-refractivity contribution in [3.8, 4) is 5.75 Å². The van der Waals surface area contributed by atoms with Crippen LogP contribution in [-0.4, -0.2) is 44.6 Å². The van der Waals surface area contributed by atoms with Crippen LogP contribution in [0.2, 0.25) is 0 Å². The SMILES string of the molecule is COc1ccc2c(c1)CN(Cc1cc(C(CC(=O)O)c3ccc4c(nnn4C)c3C)ccc1C)CC(C)C2. The van der Waals surface area contributed by atoms with E-state index in [2.05, 4.69) is 65.5 Å². The van der Waals surface area contributed by atoms with Crippen molar-refractivity contribution in [2.75, 3.05) is 13.7 Å². The number of aryl methyl sites for hydroxylation is 3. The molecule has 0 aliphatic carbocycles. The largest absolute Gasteiger partial charge is 0.497 e. The molecule has 1 aliphatic heterocycles. The Kier molecular flexibility index (Phi) is 7.21. The zero-order valence-electron chi connectivity index (χ0n) is 22.9. The van der Waals surface area contributed by atoms with E-state index in [1.165, 1.54) is 22.3 Å². The average Bonchev–Trinajstić information content (AvgIpc) is 3.18. The van der Waals surface area contributed by atoms with Crippen LogP contribution in [0.3, 0.4) is 0 Å². The second-order valence-corrected chi connectivity index (χ2v) is 10.8. The summed E-state index contributed by atoms with van der Waals surface area (Å²) < 4.78 is 7.25. The van der Waals surface area contributed by atoms with Gasteiger partial charge in [0.15, 0.2) is 0 Å². The Morgan fingerprint density at radius 3 is 2.71 bits per heavy atom. The van der Waals surface area contributed by atoms with Crippen molar-refractivity contribution in [3.05, 3.63) is 87.5 Å². The molecule has 3 aromatic carbocycles. The Balaban J connectivity index is 1.49. The number of benzene rings is 3. The van der Waals surface area contributed by atoms with Crippen LogP contribution >= 0.6 is 0 Å². The van der Waals surface area contributed by atoms with E-state index in [1.54, 1.807) is 11.8 Å². The van der Waals surface area contributed by atoms with Gasteiger partial charge in [0.2, 0.25) is 0 Å². The molecule has 0 radical (unpaired) electrons. The number of aliphatic carboxylic acids is 1. The molecule has 2 atom stereocenters. The second kappa shape index (κ2) is 10.6. The van der Waals surface area contributed by atoms with Gasteiger partial charge in [0.25, 0.3) is 0 Å². The molecule has 7 heteroatoms. The van der Waals surface area contributed by atoms with Crippen molar-refractivity contribution in [2.24, 2.45) is 13.0 Å². The minimum atomic E-state index is -0.817. The summed E-state index contributed by atoms with van der Waals surface area (Å²) in [6, 6.07) is 16.9. The summed E-state index contributed by atoms with van der Waals surface area (Å²) >= 11 is 0. The summed E-state index contributed by atoms with van der Waals surface area (Å²) in [5.74, 6) is 0.339.